The summed E-state index contributed by atoms with van der Waals surface area (Å²) in [7, 11) is 1.58. The third-order valence-corrected chi connectivity index (χ3v) is 5.37. The zero-order chi connectivity index (χ0) is 22.1. The number of hydrogen-bond donors (Lipinski definition) is 0. The fraction of sp³-hybridized carbons (Fsp3) is 0.429. The van der Waals surface area contributed by atoms with Crippen molar-refractivity contribution in [3.63, 3.8) is 0 Å². The van der Waals surface area contributed by atoms with Crippen LogP contribution in [-0.2, 0) is 16.1 Å². The molecule has 2 aliphatic heterocycles. The summed E-state index contributed by atoms with van der Waals surface area (Å²) in [5.74, 6) is 0.160. The first-order valence-corrected chi connectivity index (χ1v) is 9.69. The first kappa shape index (κ1) is 21.2. The second-order valence-electron chi connectivity index (χ2n) is 7.88. The highest BCUT2D eigenvalue weighted by Gasteiger charge is 2.47. The van der Waals surface area contributed by atoms with E-state index in [1.807, 2.05) is 6.07 Å². The van der Waals surface area contributed by atoms with Gasteiger partial charge in [-0.25, -0.2) is 0 Å². The van der Waals surface area contributed by atoms with Crippen LogP contribution in [-0.4, -0.2) is 62.1 Å². The molecular formula is C21H22F3N3O4. The van der Waals surface area contributed by atoms with Crippen molar-refractivity contribution in [2.24, 2.45) is 5.41 Å². The Bertz CT molecular complexity index is 947. The van der Waals surface area contributed by atoms with Crippen LogP contribution < -0.4 is 14.4 Å². The van der Waals surface area contributed by atoms with E-state index in [4.69, 9.17) is 9.47 Å². The summed E-state index contributed by atoms with van der Waals surface area (Å²) in [6.07, 6.45) is -1.38. The van der Waals surface area contributed by atoms with Crippen molar-refractivity contribution in [3.8, 4) is 11.5 Å². The molecule has 166 valence electrons. The maximum atomic E-state index is 12.5. The number of anilines is 1. The first-order valence-electron chi connectivity index (χ1n) is 9.69. The molecule has 7 nitrogen and oxygen atoms in total. The van der Waals surface area contributed by atoms with Crippen LogP contribution in [0, 0.1) is 5.41 Å². The van der Waals surface area contributed by atoms with E-state index in [-0.39, 0.29) is 30.2 Å². The van der Waals surface area contributed by atoms with Gasteiger partial charge in [-0.15, -0.1) is 13.2 Å². The smallest absolute Gasteiger partial charge is 0.495 e. The van der Waals surface area contributed by atoms with Crippen LogP contribution in [0.3, 0.4) is 0 Å². The number of ether oxygens (including phenoxy) is 3. The number of carbonyl (C=O) groups is 1. The molecule has 1 amide bonds. The van der Waals surface area contributed by atoms with E-state index in [1.165, 1.54) is 18.2 Å². The molecule has 2 aliphatic rings. The van der Waals surface area contributed by atoms with Crippen molar-refractivity contribution in [1.29, 1.82) is 0 Å². The number of nitrogens with zero attached hydrogens (tertiary/aromatic N) is 3. The van der Waals surface area contributed by atoms with Crippen LogP contribution in [0.25, 0.3) is 0 Å². The number of rotatable bonds is 5. The molecule has 0 saturated carbocycles. The maximum Gasteiger partial charge on any atom is 0.573 e. The Hall–Kier alpha value is -3.01. The van der Waals surface area contributed by atoms with E-state index in [9.17, 15) is 18.0 Å². The van der Waals surface area contributed by atoms with Gasteiger partial charge in [0.2, 0.25) is 5.91 Å². The van der Waals surface area contributed by atoms with Gasteiger partial charge in [0, 0.05) is 37.7 Å². The Morgan fingerprint density at radius 1 is 1.16 bits per heavy atom. The SMILES string of the molecule is COc1cncc(N2CC3(COCC(=O)N(Cc4cccc(OC(F)(F)F)c4)C3)C2)c1. The Labute approximate surface area is 177 Å². The van der Waals surface area contributed by atoms with Gasteiger partial charge >= 0.3 is 6.36 Å². The van der Waals surface area contributed by atoms with Gasteiger partial charge in [0.05, 0.1) is 31.8 Å². The lowest BCUT2D eigenvalue weighted by Gasteiger charge is -2.51. The highest BCUT2D eigenvalue weighted by atomic mass is 19.4. The van der Waals surface area contributed by atoms with Crippen molar-refractivity contribution in [3.05, 3.63) is 48.3 Å². The lowest BCUT2D eigenvalue weighted by molar-refractivity contribution is -0.274. The van der Waals surface area contributed by atoms with E-state index < -0.39 is 6.36 Å². The molecule has 4 rings (SSSR count). The molecule has 10 heteroatoms. The van der Waals surface area contributed by atoms with Gasteiger partial charge < -0.3 is 24.0 Å². The average Bonchev–Trinajstić information content (AvgIpc) is 2.85. The van der Waals surface area contributed by atoms with Gasteiger partial charge in [0.25, 0.3) is 0 Å². The fourth-order valence-electron chi connectivity index (χ4n) is 4.02. The second kappa shape index (κ2) is 8.26. The molecule has 0 aliphatic carbocycles. The molecule has 1 spiro atoms. The minimum atomic E-state index is -4.76. The summed E-state index contributed by atoms with van der Waals surface area (Å²) in [6, 6.07) is 7.58. The minimum Gasteiger partial charge on any atom is -0.495 e. The van der Waals surface area contributed by atoms with E-state index in [0.29, 0.717) is 37.6 Å². The van der Waals surface area contributed by atoms with Gasteiger partial charge in [-0.1, -0.05) is 12.1 Å². The molecule has 2 saturated heterocycles. The van der Waals surface area contributed by atoms with Crippen molar-refractivity contribution in [2.75, 3.05) is 44.9 Å². The highest BCUT2D eigenvalue weighted by molar-refractivity contribution is 5.78. The Morgan fingerprint density at radius 3 is 2.71 bits per heavy atom. The van der Waals surface area contributed by atoms with Crippen LogP contribution in [0.1, 0.15) is 5.56 Å². The number of carbonyl (C=O) groups excluding carboxylic acids is 1. The number of hydrogen-bond acceptors (Lipinski definition) is 6. The Balaban J connectivity index is 1.45. The molecule has 1 aromatic heterocycles. The highest BCUT2D eigenvalue weighted by Crippen LogP contribution is 2.38. The molecule has 0 atom stereocenters. The van der Waals surface area contributed by atoms with Crippen molar-refractivity contribution in [1.82, 2.24) is 9.88 Å². The van der Waals surface area contributed by atoms with Gasteiger partial charge in [0.1, 0.15) is 18.1 Å². The number of amides is 1. The molecular weight excluding hydrogens is 415 g/mol. The number of alkyl halides is 3. The fourth-order valence-corrected chi connectivity index (χ4v) is 4.02. The average molecular weight is 437 g/mol. The molecule has 31 heavy (non-hydrogen) atoms. The van der Waals surface area contributed by atoms with E-state index >= 15 is 0 Å². The van der Waals surface area contributed by atoms with Gasteiger partial charge in [-0.3, -0.25) is 9.78 Å². The summed E-state index contributed by atoms with van der Waals surface area (Å²) in [5, 5.41) is 0. The van der Waals surface area contributed by atoms with E-state index in [2.05, 4.69) is 14.6 Å². The largest absolute Gasteiger partial charge is 0.573 e. The third-order valence-electron chi connectivity index (χ3n) is 5.37. The first-order chi connectivity index (χ1) is 14.8. The summed E-state index contributed by atoms with van der Waals surface area (Å²) >= 11 is 0. The summed E-state index contributed by atoms with van der Waals surface area (Å²) in [5.41, 5.74) is 1.22. The number of halogens is 3. The zero-order valence-electron chi connectivity index (χ0n) is 16.9. The molecule has 0 bridgehead atoms. The molecule has 2 fully saturated rings. The monoisotopic (exact) mass is 437 g/mol. The van der Waals surface area contributed by atoms with E-state index in [0.717, 1.165) is 5.69 Å². The van der Waals surface area contributed by atoms with Gasteiger partial charge in [-0.2, -0.15) is 0 Å². The van der Waals surface area contributed by atoms with Crippen molar-refractivity contribution in [2.45, 2.75) is 12.9 Å². The Kier molecular flexibility index (Phi) is 5.65. The van der Waals surface area contributed by atoms with Crippen LogP contribution in [0.5, 0.6) is 11.5 Å². The molecule has 3 heterocycles. The quantitative estimate of drug-likeness (QED) is 0.717. The molecule has 1 aromatic carbocycles. The van der Waals surface area contributed by atoms with Gasteiger partial charge in [0.15, 0.2) is 0 Å². The van der Waals surface area contributed by atoms with Gasteiger partial charge in [-0.05, 0) is 17.7 Å². The van der Waals surface area contributed by atoms with Crippen LogP contribution >= 0.6 is 0 Å². The second-order valence-corrected chi connectivity index (χ2v) is 7.88. The molecule has 2 aromatic rings. The summed E-state index contributed by atoms with van der Waals surface area (Å²) < 4.78 is 52.3. The number of pyridine rings is 1. The number of methoxy groups -OCH3 is 1. The van der Waals surface area contributed by atoms with Crippen molar-refractivity contribution >= 4 is 11.6 Å². The minimum absolute atomic E-state index is 0.0544. The van der Waals surface area contributed by atoms with Crippen molar-refractivity contribution < 1.29 is 32.2 Å². The molecule has 0 N–H and O–H groups in total. The Morgan fingerprint density at radius 2 is 1.97 bits per heavy atom. The van der Waals surface area contributed by atoms with Crippen LogP contribution in [0.4, 0.5) is 18.9 Å². The zero-order valence-corrected chi connectivity index (χ0v) is 16.9. The third kappa shape index (κ3) is 5.01. The maximum absolute atomic E-state index is 12.5. The summed E-state index contributed by atoms with van der Waals surface area (Å²) in [4.78, 5) is 20.5. The lowest BCUT2D eigenvalue weighted by Crippen LogP contribution is -2.62. The predicted octanol–water partition coefficient (Wildman–Crippen LogP) is 2.85. The van der Waals surface area contributed by atoms with E-state index in [1.54, 1.807) is 30.5 Å². The molecule has 0 radical (unpaired) electrons. The molecule has 0 unspecified atom stereocenters. The number of aromatic nitrogens is 1. The van der Waals surface area contributed by atoms with Crippen LogP contribution in [0.15, 0.2) is 42.7 Å². The normalized spacial score (nSPS) is 18.5. The standard InChI is InChI=1S/C21H22F3N3O4/c1-29-18-6-16(7-25-8-18)27-12-20(13-27)11-26(19(28)10-30-14-20)9-15-3-2-4-17(5-15)31-21(22,23)24/h2-8H,9-14H2,1H3. The summed E-state index contributed by atoms with van der Waals surface area (Å²) in [6.45, 7) is 2.34. The lowest BCUT2D eigenvalue weighted by atomic mass is 9.79. The topological polar surface area (TPSA) is 64.1 Å². The predicted molar refractivity (Wildman–Crippen MR) is 105 cm³/mol. The number of benzene rings is 1. The van der Waals surface area contributed by atoms with Crippen LogP contribution in [0.2, 0.25) is 0 Å².